The van der Waals surface area contributed by atoms with Crippen LogP contribution in [0.4, 0.5) is 4.39 Å². The standard InChI is InChI=1S/C19H19FN4O2/c20-15-6-3-7-16(11-15)26-13-18(25)23-9-4-5-14(12-23)19-22-21-17-8-1-2-10-24(17)19/h1-3,6-8,10-11,14H,4-5,9,12-13H2/t14-/m0/s1. The molecule has 7 heteroatoms. The van der Waals surface area contributed by atoms with E-state index in [1.54, 1.807) is 17.0 Å². The normalized spacial score (nSPS) is 17.4. The molecule has 1 amide bonds. The second-order valence-corrected chi connectivity index (χ2v) is 6.41. The van der Waals surface area contributed by atoms with Crippen molar-refractivity contribution in [1.82, 2.24) is 19.5 Å². The summed E-state index contributed by atoms with van der Waals surface area (Å²) >= 11 is 0. The van der Waals surface area contributed by atoms with Crippen LogP contribution < -0.4 is 4.74 Å². The number of pyridine rings is 1. The maximum Gasteiger partial charge on any atom is 0.260 e. The van der Waals surface area contributed by atoms with Crippen LogP contribution in [0.3, 0.4) is 0 Å². The Kier molecular flexibility index (Phi) is 4.51. The van der Waals surface area contributed by atoms with Gasteiger partial charge in [0.2, 0.25) is 0 Å². The number of likely N-dealkylation sites (tertiary alicyclic amines) is 1. The molecule has 1 aliphatic rings. The highest BCUT2D eigenvalue weighted by molar-refractivity contribution is 5.78. The molecule has 6 nitrogen and oxygen atoms in total. The molecule has 0 saturated carbocycles. The largest absolute Gasteiger partial charge is 0.484 e. The number of rotatable bonds is 4. The molecule has 134 valence electrons. The van der Waals surface area contributed by atoms with E-state index in [0.717, 1.165) is 24.3 Å². The average molecular weight is 354 g/mol. The first-order chi connectivity index (χ1) is 12.7. The quantitative estimate of drug-likeness (QED) is 0.723. The molecule has 0 bridgehead atoms. The van der Waals surface area contributed by atoms with Gasteiger partial charge in [-0.2, -0.15) is 0 Å². The van der Waals surface area contributed by atoms with Gasteiger partial charge in [0.25, 0.3) is 5.91 Å². The van der Waals surface area contributed by atoms with Crippen LogP contribution in [0.5, 0.6) is 5.75 Å². The Morgan fingerprint density at radius 3 is 3.04 bits per heavy atom. The van der Waals surface area contributed by atoms with Gasteiger partial charge in [0.1, 0.15) is 17.4 Å². The number of hydrogen-bond donors (Lipinski definition) is 0. The van der Waals surface area contributed by atoms with E-state index in [0.29, 0.717) is 18.8 Å². The molecular weight excluding hydrogens is 335 g/mol. The van der Waals surface area contributed by atoms with Crippen molar-refractivity contribution >= 4 is 11.6 Å². The topological polar surface area (TPSA) is 59.7 Å². The fourth-order valence-electron chi connectivity index (χ4n) is 3.35. The predicted molar refractivity (Wildman–Crippen MR) is 93.4 cm³/mol. The molecule has 2 aromatic heterocycles. The number of nitrogens with zero attached hydrogens (tertiary/aromatic N) is 4. The van der Waals surface area contributed by atoms with Crippen LogP contribution >= 0.6 is 0 Å². The van der Waals surface area contributed by atoms with Crippen LogP contribution in [-0.4, -0.2) is 45.1 Å². The number of benzene rings is 1. The van der Waals surface area contributed by atoms with E-state index < -0.39 is 0 Å². The zero-order valence-electron chi connectivity index (χ0n) is 14.2. The van der Waals surface area contributed by atoms with Crippen LogP contribution in [0, 0.1) is 5.82 Å². The summed E-state index contributed by atoms with van der Waals surface area (Å²) in [6.45, 7) is 1.18. The summed E-state index contributed by atoms with van der Waals surface area (Å²) in [5.74, 6) is 0.887. The summed E-state index contributed by atoms with van der Waals surface area (Å²) in [5.41, 5.74) is 0.806. The molecule has 0 radical (unpaired) electrons. The minimum Gasteiger partial charge on any atom is -0.484 e. The molecule has 0 N–H and O–H groups in total. The Balaban J connectivity index is 1.42. The summed E-state index contributed by atoms with van der Waals surface area (Å²) in [7, 11) is 0. The molecule has 3 aromatic rings. The summed E-state index contributed by atoms with van der Waals surface area (Å²) in [4.78, 5) is 14.3. The minimum absolute atomic E-state index is 0.100. The minimum atomic E-state index is -0.383. The summed E-state index contributed by atoms with van der Waals surface area (Å²) in [5, 5.41) is 8.52. The Bertz CT molecular complexity index is 927. The van der Waals surface area contributed by atoms with E-state index in [9.17, 15) is 9.18 Å². The third-order valence-corrected chi connectivity index (χ3v) is 4.64. The van der Waals surface area contributed by atoms with Gasteiger partial charge in [-0.15, -0.1) is 10.2 Å². The molecular formula is C19H19FN4O2. The molecule has 0 spiro atoms. The molecule has 4 rings (SSSR count). The summed E-state index contributed by atoms with van der Waals surface area (Å²) in [6.07, 6.45) is 3.81. The number of amides is 1. The first-order valence-corrected chi connectivity index (χ1v) is 8.66. The Labute approximate surface area is 150 Å². The molecule has 1 atom stereocenters. The lowest BCUT2D eigenvalue weighted by molar-refractivity contribution is -0.134. The molecule has 1 saturated heterocycles. The van der Waals surface area contributed by atoms with E-state index in [-0.39, 0.29) is 24.2 Å². The Morgan fingerprint density at radius 2 is 2.15 bits per heavy atom. The molecule has 1 fully saturated rings. The van der Waals surface area contributed by atoms with Gasteiger partial charge in [0, 0.05) is 31.3 Å². The number of ether oxygens (including phenoxy) is 1. The van der Waals surface area contributed by atoms with Crippen molar-refractivity contribution in [3.63, 3.8) is 0 Å². The zero-order chi connectivity index (χ0) is 17.9. The maximum atomic E-state index is 13.2. The fourth-order valence-corrected chi connectivity index (χ4v) is 3.35. The van der Waals surface area contributed by atoms with Crippen LogP contribution in [0.15, 0.2) is 48.7 Å². The van der Waals surface area contributed by atoms with Crippen LogP contribution in [0.2, 0.25) is 0 Å². The molecule has 0 unspecified atom stereocenters. The van der Waals surface area contributed by atoms with Crippen molar-refractivity contribution in [2.75, 3.05) is 19.7 Å². The third-order valence-electron chi connectivity index (χ3n) is 4.64. The highest BCUT2D eigenvalue weighted by atomic mass is 19.1. The number of piperidine rings is 1. The Hall–Kier alpha value is -2.96. The molecule has 1 aromatic carbocycles. The molecule has 0 aliphatic carbocycles. The number of hydrogen-bond acceptors (Lipinski definition) is 4. The van der Waals surface area contributed by atoms with E-state index in [4.69, 9.17) is 4.74 Å². The lowest BCUT2D eigenvalue weighted by Crippen LogP contribution is -2.42. The smallest absolute Gasteiger partial charge is 0.260 e. The van der Waals surface area contributed by atoms with Crippen LogP contribution in [0.25, 0.3) is 5.65 Å². The number of aromatic nitrogens is 3. The average Bonchev–Trinajstić information content (AvgIpc) is 3.10. The SMILES string of the molecule is O=C(COc1cccc(F)c1)N1CCC[C@H](c2nnc3ccccn23)C1. The van der Waals surface area contributed by atoms with Gasteiger partial charge in [-0.25, -0.2) is 4.39 Å². The maximum absolute atomic E-state index is 13.2. The van der Waals surface area contributed by atoms with Gasteiger partial charge in [0.15, 0.2) is 12.3 Å². The van der Waals surface area contributed by atoms with Gasteiger partial charge in [-0.05, 0) is 37.1 Å². The van der Waals surface area contributed by atoms with Crippen LogP contribution in [0.1, 0.15) is 24.6 Å². The zero-order valence-corrected chi connectivity index (χ0v) is 14.2. The number of carbonyl (C=O) groups is 1. The van der Waals surface area contributed by atoms with E-state index in [1.807, 2.05) is 28.8 Å². The predicted octanol–water partition coefficient (Wildman–Crippen LogP) is 2.65. The molecule has 3 heterocycles. The Morgan fingerprint density at radius 1 is 1.23 bits per heavy atom. The second kappa shape index (κ2) is 7.11. The number of fused-ring (bicyclic) bond motifs is 1. The van der Waals surface area contributed by atoms with Gasteiger partial charge in [-0.1, -0.05) is 12.1 Å². The van der Waals surface area contributed by atoms with Crippen molar-refractivity contribution in [3.8, 4) is 5.75 Å². The monoisotopic (exact) mass is 354 g/mol. The molecule has 1 aliphatic heterocycles. The van der Waals surface area contributed by atoms with Crippen molar-refractivity contribution in [3.05, 3.63) is 60.3 Å². The van der Waals surface area contributed by atoms with Gasteiger partial charge < -0.3 is 9.64 Å². The number of carbonyl (C=O) groups excluding carboxylic acids is 1. The van der Waals surface area contributed by atoms with Gasteiger partial charge in [0.05, 0.1) is 0 Å². The highest BCUT2D eigenvalue weighted by Gasteiger charge is 2.28. The van der Waals surface area contributed by atoms with E-state index in [1.165, 1.54) is 12.1 Å². The van der Waals surface area contributed by atoms with Gasteiger partial charge >= 0.3 is 0 Å². The van der Waals surface area contributed by atoms with Crippen molar-refractivity contribution < 1.29 is 13.9 Å². The van der Waals surface area contributed by atoms with Gasteiger partial charge in [-0.3, -0.25) is 9.20 Å². The lowest BCUT2D eigenvalue weighted by atomic mass is 9.97. The first-order valence-electron chi connectivity index (χ1n) is 8.66. The first kappa shape index (κ1) is 16.5. The summed E-state index contributed by atoms with van der Waals surface area (Å²) in [6, 6.07) is 11.6. The van der Waals surface area contributed by atoms with E-state index >= 15 is 0 Å². The highest BCUT2D eigenvalue weighted by Crippen LogP contribution is 2.26. The van der Waals surface area contributed by atoms with Crippen molar-refractivity contribution in [1.29, 1.82) is 0 Å². The third kappa shape index (κ3) is 3.37. The second-order valence-electron chi connectivity index (χ2n) is 6.41. The fraction of sp³-hybridized carbons (Fsp3) is 0.316. The van der Waals surface area contributed by atoms with Crippen LogP contribution in [-0.2, 0) is 4.79 Å². The number of halogens is 1. The lowest BCUT2D eigenvalue weighted by Gasteiger charge is -2.31. The van der Waals surface area contributed by atoms with Crippen molar-refractivity contribution in [2.24, 2.45) is 0 Å². The van der Waals surface area contributed by atoms with E-state index in [2.05, 4.69) is 10.2 Å². The molecule has 26 heavy (non-hydrogen) atoms. The van der Waals surface area contributed by atoms with Crippen molar-refractivity contribution in [2.45, 2.75) is 18.8 Å². The summed E-state index contributed by atoms with van der Waals surface area (Å²) < 4.78 is 20.6.